The second-order valence-electron chi connectivity index (χ2n) is 8.34. The molecule has 10 heteroatoms. The number of likely N-dealkylation sites (tertiary alicyclic amines) is 1. The van der Waals surface area contributed by atoms with E-state index in [0.717, 1.165) is 55.6 Å². The Labute approximate surface area is 201 Å². The Kier molecular flexibility index (Phi) is 6.99. The first-order valence-corrected chi connectivity index (χ1v) is 11.5. The molecule has 3 aromatic rings. The van der Waals surface area contributed by atoms with Crippen LogP contribution in [0.4, 0.5) is 17.5 Å². The number of benzene rings is 1. The van der Waals surface area contributed by atoms with Crippen molar-refractivity contribution in [1.29, 1.82) is 0 Å². The zero-order valence-electron chi connectivity index (χ0n) is 17.6. The summed E-state index contributed by atoms with van der Waals surface area (Å²) in [5, 5.41) is 3.78. The number of anilines is 3. The molecule has 2 aliphatic rings. The number of nitrogens with one attached hydrogen (secondary N) is 2. The van der Waals surface area contributed by atoms with Crippen LogP contribution in [-0.4, -0.2) is 58.1 Å². The van der Waals surface area contributed by atoms with Gasteiger partial charge in [0.1, 0.15) is 11.2 Å². The van der Waals surface area contributed by atoms with Crippen LogP contribution in [0.5, 0.6) is 0 Å². The normalized spacial score (nSPS) is 19.8. The highest BCUT2D eigenvalue weighted by Gasteiger charge is 2.30. The van der Waals surface area contributed by atoms with Crippen LogP contribution in [0.1, 0.15) is 19.3 Å². The summed E-state index contributed by atoms with van der Waals surface area (Å²) in [6.07, 6.45) is 4.86. The van der Waals surface area contributed by atoms with Gasteiger partial charge in [0.2, 0.25) is 5.95 Å². The number of hydrogen-bond acceptors (Lipinski definition) is 7. The lowest BCUT2D eigenvalue weighted by atomic mass is 10.0. The number of fused-ring (bicyclic) bond motifs is 1. The SMILES string of the molecule is Cl.NC1CCN(C2CCN(c3nc(Nc4cccc(Br)c4)c4c(=O)[nH]ccc4n3)CC2)C1. The van der Waals surface area contributed by atoms with Gasteiger partial charge in [0, 0.05) is 54.6 Å². The molecular weight excluding hydrogens is 494 g/mol. The average molecular weight is 521 g/mol. The van der Waals surface area contributed by atoms with Crippen molar-refractivity contribution in [3.8, 4) is 0 Å². The lowest BCUT2D eigenvalue weighted by Gasteiger charge is -2.36. The molecule has 0 amide bonds. The number of halogens is 2. The second kappa shape index (κ2) is 9.74. The monoisotopic (exact) mass is 519 g/mol. The van der Waals surface area contributed by atoms with E-state index < -0.39 is 0 Å². The molecular formula is C22H27BrClN7O. The molecule has 2 saturated heterocycles. The molecule has 0 radical (unpaired) electrons. The first kappa shape index (κ1) is 23.0. The van der Waals surface area contributed by atoms with Gasteiger partial charge >= 0.3 is 0 Å². The van der Waals surface area contributed by atoms with E-state index in [1.165, 1.54) is 0 Å². The molecule has 5 rings (SSSR count). The van der Waals surface area contributed by atoms with Crippen molar-refractivity contribution in [3.63, 3.8) is 0 Å². The van der Waals surface area contributed by atoms with Crippen molar-refractivity contribution in [2.45, 2.75) is 31.3 Å². The molecule has 4 heterocycles. The maximum atomic E-state index is 12.5. The van der Waals surface area contributed by atoms with E-state index in [2.05, 4.69) is 36.0 Å². The first-order chi connectivity index (χ1) is 15.1. The number of aromatic amines is 1. The molecule has 8 nitrogen and oxygen atoms in total. The highest BCUT2D eigenvalue weighted by molar-refractivity contribution is 9.10. The molecule has 0 aliphatic carbocycles. The van der Waals surface area contributed by atoms with Crippen molar-refractivity contribution in [1.82, 2.24) is 19.9 Å². The van der Waals surface area contributed by atoms with E-state index >= 15 is 0 Å². The fourth-order valence-corrected chi connectivity index (χ4v) is 4.99. The predicted octanol–water partition coefficient (Wildman–Crippen LogP) is 3.25. The lowest BCUT2D eigenvalue weighted by molar-refractivity contribution is 0.205. The molecule has 1 atom stereocenters. The number of piperidine rings is 1. The number of H-pyrrole nitrogens is 1. The molecule has 0 saturated carbocycles. The Balaban J connectivity index is 0.00000245. The third kappa shape index (κ3) is 4.76. The fraction of sp³-hybridized carbons (Fsp3) is 0.409. The molecule has 0 spiro atoms. The van der Waals surface area contributed by atoms with Gasteiger partial charge < -0.3 is 20.9 Å². The van der Waals surface area contributed by atoms with Crippen LogP contribution >= 0.6 is 28.3 Å². The minimum atomic E-state index is -0.203. The Bertz CT molecular complexity index is 1150. The van der Waals surface area contributed by atoms with Crippen LogP contribution in [0.25, 0.3) is 10.9 Å². The van der Waals surface area contributed by atoms with Crippen molar-refractivity contribution in [2.75, 3.05) is 36.4 Å². The quantitative estimate of drug-likeness (QED) is 0.485. The van der Waals surface area contributed by atoms with Gasteiger partial charge in [0.15, 0.2) is 0 Å². The Morgan fingerprint density at radius 2 is 1.94 bits per heavy atom. The van der Waals surface area contributed by atoms with Gasteiger partial charge in [0.05, 0.1) is 5.52 Å². The van der Waals surface area contributed by atoms with Crippen LogP contribution in [0.2, 0.25) is 0 Å². The standard InChI is InChI=1S/C22H26BrN7O.ClH/c23-14-2-1-3-16(12-14)26-20-19-18(4-8-25-21(19)31)27-22(28-20)29-10-6-17(7-11-29)30-9-5-15(24)13-30;/h1-4,8,12,15,17H,5-7,9-11,13,24H2,(H,25,31)(H,26,27,28);1H. The van der Waals surface area contributed by atoms with Gasteiger partial charge in [-0.25, -0.2) is 4.98 Å². The number of hydrogen-bond donors (Lipinski definition) is 3. The van der Waals surface area contributed by atoms with Crippen LogP contribution < -0.4 is 21.5 Å². The van der Waals surface area contributed by atoms with Gasteiger partial charge in [-0.05, 0) is 43.5 Å². The number of nitrogens with two attached hydrogens (primary N) is 1. The molecule has 1 unspecified atom stereocenters. The zero-order valence-corrected chi connectivity index (χ0v) is 20.0. The summed E-state index contributed by atoms with van der Waals surface area (Å²) < 4.78 is 0.952. The molecule has 0 bridgehead atoms. The smallest absolute Gasteiger partial charge is 0.261 e. The summed E-state index contributed by atoms with van der Waals surface area (Å²) >= 11 is 3.49. The van der Waals surface area contributed by atoms with E-state index in [0.29, 0.717) is 34.8 Å². The van der Waals surface area contributed by atoms with E-state index in [4.69, 9.17) is 15.7 Å². The maximum Gasteiger partial charge on any atom is 0.261 e. The summed E-state index contributed by atoms with van der Waals surface area (Å²) in [6.45, 7) is 3.88. The Morgan fingerprint density at radius 1 is 1.12 bits per heavy atom. The van der Waals surface area contributed by atoms with Gasteiger partial charge in [-0.15, -0.1) is 12.4 Å². The molecule has 170 valence electrons. The molecule has 4 N–H and O–H groups in total. The van der Waals surface area contributed by atoms with Crippen molar-refractivity contribution in [3.05, 3.63) is 51.4 Å². The molecule has 32 heavy (non-hydrogen) atoms. The summed E-state index contributed by atoms with van der Waals surface area (Å²) in [7, 11) is 0. The molecule has 1 aromatic carbocycles. The largest absolute Gasteiger partial charge is 0.341 e. The predicted molar refractivity (Wildman–Crippen MR) is 134 cm³/mol. The van der Waals surface area contributed by atoms with E-state index in [9.17, 15) is 4.79 Å². The third-order valence-corrected chi connectivity index (χ3v) is 6.71. The number of rotatable bonds is 4. The summed E-state index contributed by atoms with van der Waals surface area (Å²) in [4.78, 5) is 29.5. The van der Waals surface area contributed by atoms with E-state index in [1.807, 2.05) is 30.3 Å². The van der Waals surface area contributed by atoms with Crippen LogP contribution in [-0.2, 0) is 0 Å². The van der Waals surface area contributed by atoms with Gasteiger partial charge in [0.25, 0.3) is 5.56 Å². The molecule has 2 aliphatic heterocycles. The highest BCUT2D eigenvalue weighted by atomic mass is 79.9. The van der Waals surface area contributed by atoms with E-state index in [-0.39, 0.29) is 18.0 Å². The van der Waals surface area contributed by atoms with Gasteiger partial charge in [-0.1, -0.05) is 22.0 Å². The van der Waals surface area contributed by atoms with Crippen LogP contribution in [0.15, 0.2) is 45.8 Å². The fourth-order valence-electron chi connectivity index (χ4n) is 4.59. The van der Waals surface area contributed by atoms with Crippen molar-refractivity contribution < 1.29 is 0 Å². The van der Waals surface area contributed by atoms with Gasteiger partial charge in [-0.2, -0.15) is 4.98 Å². The first-order valence-electron chi connectivity index (χ1n) is 10.7. The Morgan fingerprint density at radius 3 is 2.66 bits per heavy atom. The average Bonchev–Trinajstić information content (AvgIpc) is 3.20. The van der Waals surface area contributed by atoms with Crippen LogP contribution in [0, 0.1) is 0 Å². The molecule has 2 fully saturated rings. The topological polar surface area (TPSA) is 103 Å². The Hall–Kier alpha value is -2.20. The third-order valence-electron chi connectivity index (χ3n) is 6.22. The van der Waals surface area contributed by atoms with Crippen LogP contribution in [0.3, 0.4) is 0 Å². The van der Waals surface area contributed by atoms with E-state index in [1.54, 1.807) is 6.20 Å². The summed E-state index contributed by atoms with van der Waals surface area (Å²) in [5.74, 6) is 1.18. The molecule has 2 aromatic heterocycles. The number of aromatic nitrogens is 3. The number of pyridine rings is 1. The maximum absolute atomic E-state index is 12.5. The summed E-state index contributed by atoms with van der Waals surface area (Å²) in [5.41, 5.74) is 7.38. The van der Waals surface area contributed by atoms with Crippen molar-refractivity contribution in [2.24, 2.45) is 5.73 Å². The lowest BCUT2D eigenvalue weighted by Crippen LogP contribution is -2.45. The minimum absolute atomic E-state index is 0. The minimum Gasteiger partial charge on any atom is -0.341 e. The highest BCUT2D eigenvalue weighted by Crippen LogP contribution is 2.28. The summed E-state index contributed by atoms with van der Waals surface area (Å²) in [6, 6.07) is 10.5. The second-order valence-corrected chi connectivity index (χ2v) is 9.25. The number of nitrogens with zero attached hydrogens (tertiary/aromatic N) is 4. The van der Waals surface area contributed by atoms with Gasteiger partial charge in [-0.3, -0.25) is 9.69 Å². The zero-order chi connectivity index (χ0) is 21.4. The van der Waals surface area contributed by atoms with Crippen molar-refractivity contribution >= 4 is 56.7 Å².